The zero-order chi connectivity index (χ0) is 18.8. The van der Waals surface area contributed by atoms with Gasteiger partial charge in [-0.15, -0.1) is 5.10 Å². The molecule has 2 aromatic heterocycles. The van der Waals surface area contributed by atoms with Crippen molar-refractivity contribution in [1.82, 2.24) is 9.59 Å². The number of nitrogens with one attached hydrogen (secondary N) is 1. The van der Waals surface area contributed by atoms with E-state index in [2.05, 4.69) is 14.9 Å². The van der Waals surface area contributed by atoms with E-state index in [4.69, 9.17) is 9.15 Å². The van der Waals surface area contributed by atoms with Gasteiger partial charge in [-0.3, -0.25) is 4.79 Å². The Balaban J connectivity index is 1.45. The Morgan fingerprint density at radius 2 is 1.96 bits per heavy atom. The van der Waals surface area contributed by atoms with Gasteiger partial charge in [0.1, 0.15) is 11.2 Å². The van der Waals surface area contributed by atoms with Crippen molar-refractivity contribution in [3.8, 4) is 0 Å². The second-order valence-corrected chi connectivity index (χ2v) is 6.59. The SMILES string of the molecule is CCc1nnsc1C(=O)OCC(=O)Nc1ccc2oc3ccccc3c2c1. The zero-order valence-electron chi connectivity index (χ0n) is 14.4. The van der Waals surface area contributed by atoms with Crippen LogP contribution in [0.15, 0.2) is 46.9 Å². The highest BCUT2D eigenvalue weighted by atomic mass is 32.1. The number of ether oxygens (including phenoxy) is 1. The Morgan fingerprint density at radius 1 is 1.15 bits per heavy atom. The van der Waals surface area contributed by atoms with Gasteiger partial charge >= 0.3 is 5.97 Å². The van der Waals surface area contributed by atoms with Crippen LogP contribution in [0.3, 0.4) is 0 Å². The lowest BCUT2D eigenvalue weighted by Gasteiger charge is -2.06. The molecule has 0 spiro atoms. The van der Waals surface area contributed by atoms with Gasteiger partial charge in [-0.2, -0.15) is 0 Å². The first-order valence-corrected chi connectivity index (χ1v) is 9.12. The molecule has 27 heavy (non-hydrogen) atoms. The van der Waals surface area contributed by atoms with Gasteiger partial charge in [0.15, 0.2) is 11.5 Å². The van der Waals surface area contributed by atoms with Crippen LogP contribution in [-0.2, 0) is 16.0 Å². The Bertz CT molecular complexity index is 1150. The fraction of sp³-hybridized carbons (Fsp3) is 0.158. The predicted molar refractivity (Wildman–Crippen MR) is 102 cm³/mol. The second kappa shape index (κ2) is 7.16. The van der Waals surface area contributed by atoms with E-state index in [-0.39, 0.29) is 6.61 Å². The summed E-state index contributed by atoms with van der Waals surface area (Å²) < 4.78 is 14.6. The van der Waals surface area contributed by atoms with E-state index in [1.807, 2.05) is 37.3 Å². The number of aromatic nitrogens is 2. The molecule has 0 aliphatic heterocycles. The summed E-state index contributed by atoms with van der Waals surface area (Å²) in [5.74, 6) is -1.01. The van der Waals surface area contributed by atoms with E-state index in [0.29, 0.717) is 22.7 Å². The Hall–Kier alpha value is -3.26. The van der Waals surface area contributed by atoms with Crippen molar-refractivity contribution >= 4 is 51.0 Å². The maximum Gasteiger partial charge on any atom is 0.352 e. The fourth-order valence-electron chi connectivity index (χ4n) is 2.79. The number of aryl methyl sites for hydroxylation is 1. The van der Waals surface area contributed by atoms with Crippen molar-refractivity contribution in [2.75, 3.05) is 11.9 Å². The van der Waals surface area contributed by atoms with E-state index < -0.39 is 11.9 Å². The normalized spacial score (nSPS) is 11.0. The molecule has 0 fully saturated rings. The molecular formula is C19H15N3O4S. The van der Waals surface area contributed by atoms with E-state index in [1.165, 1.54) is 0 Å². The Labute approximate surface area is 158 Å². The molecule has 0 atom stereocenters. The van der Waals surface area contributed by atoms with E-state index in [1.54, 1.807) is 12.1 Å². The summed E-state index contributed by atoms with van der Waals surface area (Å²) in [6.07, 6.45) is 0.575. The second-order valence-electron chi connectivity index (χ2n) is 5.84. The summed E-state index contributed by atoms with van der Waals surface area (Å²) in [5, 5.41) is 8.47. The predicted octanol–water partition coefficient (Wildman–Crippen LogP) is 3.80. The van der Waals surface area contributed by atoms with Gasteiger partial charge in [0.2, 0.25) is 0 Å². The molecule has 0 aliphatic carbocycles. The number of amides is 1. The Kier molecular flexibility index (Phi) is 4.55. The van der Waals surface area contributed by atoms with Gasteiger partial charge < -0.3 is 14.5 Å². The average molecular weight is 381 g/mol. The number of hydrogen-bond donors (Lipinski definition) is 1. The molecule has 0 aliphatic rings. The summed E-state index contributed by atoms with van der Waals surface area (Å²) in [4.78, 5) is 24.5. The highest BCUT2D eigenvalue weighted by molar-refractivity contribution is 7.07. The van der Waals surface area contributed by atoms with Crippen LogP contribution < -0.4 is 5.32 Å². The van der Waals surface area contributed by atoms with Crippen molar-refractivity contribution in [1.29, 1.82) is 0 Å². The third-order valence-electron chi connectivity index (χ3n) is 4.07. The quantitative estimate of drug-likeness (QED) is 0.529. The molecule has 4 rings (SSSR count). The lowest BCUT2D eigenvalue weighted by molar-refractivity contribution is -0.119. The minimum absolute atomic E-state index is 0.330. The number of carbonyl (C=O) groups is 2. The minimum atomic E-state index is -0.590. The first-order chi connectivity index (χ1) is 13.2. The maximum absolute atomic E-state index is 12.1. The van der Waals surface area contributed by atoms with Crippen molar-refractivity contribution in [3.63, 3.8) is 0 Å². The summed E-state index contributed by atoms with van der Waals surface area (Å²) >= 11 is 0.964. The molecule has 8 heteroatoms. The van der Waals surface area contributed by atoms with Crippen molar-refractivity contribution in [2.24, 2.45) is 0 Å². The van der Waals surface area contributed by atoms with Crippen LogP contribution in [0.1, 0.15) is 22.3 Å². The molecule has 1 amide bonds. The molecule has 0 radical (unpaired) electrons. The number of carbonyl (C=O) groups excluding carboxylic acids is 2. The third kappa shape index (κ3) is 3.39. The number of benzene rings is 2. The summed E-state index contributed by atoms with van der Waals surface area (Å²) in [7, 11) is 0. The van der Waals surface area contributed by atoms with Gasteiger partial charge in [0, 0.05) is 16.5 Å². The number of fused-ring (bicyclic) bond motifs is 3. The number of nitrogens with zero attached hydrogens (tertiary/aromatic N) is 2. The first kappa shape index (κ1) is 17.2. The smallest absolute Gasteiger partial charge is 0.352 e. The largest absolute Gasteiger partial charge is 0.456 e. The minimum Gasteiger partial charge on any atom is -0.456 e. The van der Waals surface area contributed by atoms with Crippen molar-refractivity contribution in [2.45, 2.75) is 13.3 Å². The lowest BCUT2D eigenvalue weighted by atomic mass is 10.1. The van der Waals surface area contributed by atoms with Gasteiger partial charge in [-0.1, -0.05) is 29.6 Å². The van der Waals surface area contributed by atoms with E-state index >= 15 is 0 Å². The Morgan fingerprint density at radius 3 is 2.81 bits per heavy atom. The summed E-state index contributed by atoms with van der Waals surface area (Å²) in [6.45, 7) is 1.49. The highest BCUT2D eigenvalue weighted by Gasteiger charge is 2.18. The van der Waals surface area contributed by atoms with E-state index in [9.17, 15) is 9.59 Å². The summed E-state index contributed by atoms with van der Waals surface area (Å²) in [5.41, 5.74) is 2.70. The highest BCUT2D eigenvalue weighted by Crippen LogP contribution is 2.30. The first-order valence-electron chi connectivity index (χ1n) is 8.35. The van der Waals surface area contributed by atoms with Gasteiger partial charge in [-0.25, -0.2) is 4.79 Å². The van der Waals surface area contributed by atoms with Crippen LogP contribution in [0.4, 0.5) is 5.69 Å². The molecule has 136 valence electrons. The monoisotopic (exact) mass is 381 g/mol. The average Bonchev–Trinajstić information content (AvgIpc) is 3.30. The molecule has 1 N–H and O–H groups in total. The number of anilines is 1. The molecular weight excluding hydrogens is 366 g/mol. The van der Waals surface area contributed by atoms with Gasteiger partial charge in [-0.05, 0) is 42.2 Å². The third-order valence-corrected chi connectivity index (χ3v) is 4.82. The van der Waals surface area contributed by atoms with Crippen LogP contribution in [-0.4, -0.2) is 28.1 Å². The zero-order valence-corrected chi connectivity index (χ0v) is 15.2. The van der Waals surface area contributed by atoms with Crippen molar-refractivity contribution in [3.05, 3.63) is 53.0 Å². The van der Waals surface area contributed by atoms with Gasteiger partial charge in [0.05, 0.1) is 5.69 Å². The topological polar surface area (TPSA) is 94.3 Å². The van der Waals surface area contributed by atoms with Crippen molar-refractivity contribution < 1.29 is 18.7 Å². The molecule has 2 heterocycles. The molecule has 0 saturated carbocycles. The molecule has 7 nitrogen and oxygen atoms in total. The molecule has 2 aromatic carbocycles. The van der Waals surface area contributed by atoms with Crippen LogP contribution in [0.25, 0.3) is 21.9 Å². The fourth-order valence-corrected chi connectivity index (χ4v) is 3.44. The van der Waals surface area contributed by atoms with Crippen LogP contribution in [0, 0.1) is 0 Å². The maximum atomic E-state index is 12.1. The molecule has 0 saturated heterocycles. The standard InChI is InChI=1S/C19H15N3O4S/c1-2-14-18(27-22-21-14)19(24)25-10-17(23)20-11-7-8-16-13(9-11)12-5-3-4-6-15(12)26-16/h3-9H,2,10H2,1H3,(H,20,23). The van der Waals surface area contributed by atoms with Crippen LogP contribution in [0.5, 0.6) is 0 Å². The van der Waals surface area contributed by atoms with Crippen LogP contribution >= 0.6 is 11.5 Å². The van der Waals surface area contributed by atoms with E-state index in [0.717, 1.165) is 33.5 Å². The molecule has 0 unspecified atom stereocenters. The van der Waals surface area contributed by atoms with Gasteiger partial charge in [0.25, 0.3) is 5.91 Å². The number of esters is 1. The number of para-hydroxylation sites is 1. The van der Waals surface area contributed by atoms with Crippen LogP contribution in [0.2, 0.25) is 0 Å². The number of furan rings is 1. The summed E-state index contributed by atoms with van der Waals surface area (Å²) in [6, 6.07) is 13.1. The molecule has 4 aromatic rings. The number of rotatable bonds is 5. The molecule has 0 bridgehead atoms. The lowest BCUT2D eigenvalue weighted by Crippen LogP contribution is -2.21. The number of hydrogen-bond acceptors (Lipinski definition) is 7.